The van der Waals surface area contributed by atoms with E-state index in [-0.39, 0.29) is 5.15 Å². The zero-order valence-corrected chi connectivity index (χ0v) is 10.2. The third-order valence-electron chi connectivity index (χ3n) is 2.39. The van der Waals surface area contributed by atoms with E-state index in [2.05, 4.69) is 10.3 Å². The van der Waals surface area contributed by atoms with Crippen molar-refractivity contribution in [2.24, 2.45) is 0 Å². The molecule has 0 amide bonds. The smallest absolute Gasteiger partial charge is 0.135 e. The molecule has 1 aromatic rings. The number of aromatic nitrogens is 1. The fraction of sp³-hybridized carbons (Fsp3) is 0.545. The zero-order chi connectivity index (χ0) is 12.1. The number of hydrogen-bond acceptors (Lipinski definition) is 4. The van der Waals surface area contributed by atoms with Crippen molar-refractivity contribution in [3.63, 3.8) is 0 Å². The van der Waals surface area contributed by atoms with E-state index < -0.39 is 12.2 Å². The Morgan fingerprint density at radius 3 is 2.69 bits per heavy atom. The van der Waals surface area contributed by atoms with Crippen LogP contribution in [0.15, 0.2) is 12.1 Å². The predicted octanol–water partition coefficient (Wildman–Crippen LogP) is 1.05. The maximum Gasteiger partial charge on any atom is 0.135 e. The van der Waals surface area contributed by atoms with Crippen LogP contribution in [0.5, 0.6) is 0 Å². The molecule has 0 aliphatic heterocycles. The lowest BCUT2D eigenvalue weighted by Gasteiger charge is -2.18. The van der Waals surface area contributed by atoms with Crippen LogP contribution >= 0.6 is 11.6 Å². The molecule has 1 aromatic heterocycles. The number of hydrogen-bond donors (Lipinski definition) is 3. The second-order valence-corrected chi connectivity index (χ2v) is 4.10. The topological polar surface area (TPSA) is 65.4 Å². The van der Waals surface area contributed by atoms with Gasteiger partial charge in [-0.05, 0) is 33.0 Å². The molecule has 90 valence electrons. The van der Waals surface area contributed by atoms with Gasteiger partial charge in [-0.15, -0.1) is 0 Å². The Morgan fingerprint density at radius 1 is 1.44 bits per heavy atom. The monoisotopic (exact) mass is 244 g/mol. The standard InChI is InChI=1S/C11H17ClN2O2/c1-7-3-4-8(11(12)14-7)10(16)9(15)5-6-13-2/h3-4,9-10,13,15-16H,5-6H2,1-2H3. The van der Waals surface area contributed by atoms with Crippen LogP contribution in [-0.2, 0) is 0 Å². The van der Waals surface area contributed by atoms with Crippen LogP contribution in [0, 0.1) is 6.92 Å². The lowest BCUT2D eigenvalue weighted by atomic mass is 10.0. The number of nitrogens with one attached hydrogen (secondary N) is 1. The van der Waals surface area contributed by atoms with E-state index in [0.717, 1.165) is 5.69 Å². The van der Waals surface area contributed by atoms with Gasteiger partial charge in [0.25, 0.3) is 0 Å². The summed E-state index contributed by atoms with van der Waals surface area (Å²) in [6.45, 7) is 2.45. The molecule has 3 N–H and O–H groups in total. The summed E-state index contributed by atoms with van der Waals surface area (Å²) in [5, 5.41) is 22.8. The minimum atomic E-state index is -0.992. The first kappa shape index (κ1) is 13.4. The Morgan fingerprint density at radius 2 is 2.12 bits per heavy atom. The van der Waals surface area contributed by atoms with Gasteiger partial charge in [-0.3, -0.25) is 0 Å². The van der Waals surface area contributed by atoms with E-state index in [0.29, 0.717) is 18.5 Å². The number of aliphatic hydroxyl groups excluding tert-OH is 2. The van der Waals surface area contributed by atoms with Crippen LogP contribution in [0.4, 0.5) is 0 Å². The maximum atomic E-state index is 9.89. The van der Waals surface area contributed by atoms with Crippen molar-refractivity contribution < 1.29 is 10.2 Å². The van der Waals surface area contributed by atoms with E-state index >= 15 is 0 Å². The molecule has 0 saturated heterocycles. The SMILES string of the molecule is CNCCC(O)C(O)c1ccc(C)nc1Cl. The molecule has 0 saturated carbocycles. The predicted molar refractivity (Wildman–Crippen MR) is 63.5 cm³/mol. The first-order chi connectivity index (χ1) is 7.56. The Labute approximate surface area is 100 Å². The molecule has 0 aromatic carbocycles. The minimum Gasteiger partial charge on any atom is -0.390 e. The van der Waals surface area contributed by atoms with Gasteiger partial charge >= 0.3 is 0 Å². The fourth-order valence-corrected chi connectivity index (χ4v) is 1.72. The molecule has 0 aliphatic carbocycles. The molecule has 1 rings (SSSR count). The summed E-state index contributed by atoms with van der Waals surface area (Å²) in [7, 11) is 1.79. The number of pyridine rings is 1. The van der Waals surface area contributed by atoms with Gasteiger partial charge in [0.2, 0.25) is 0 Å². The van der Waals surface area contributed by atoms with Crippen LogP contribution in [0.3, 0.4) is 0 Å². The molecule has 4 nitrogen and oxygen atoms in total. The van der Waals surface area contributed by atoms with Gasteiger partial charge in [0.1, 0.15) is 11.3 Å². The normalized spacial score (nSPS) is 14.8. The molecule has 0 bridgehead atoms. The molecular weight excluding hydrogens is 228 g/mol. The van der Waals surface area contributed by atoms with E-state index in [9.17, 15) is 10.2 Å². The Kier molecular flexibility index (Phi) is 5.15. The zero-order valence-electron chi connectivity index (χ0n) is 9.44. The van der Waals surface area contributed by atoms with E-state index in [1.807, 2.05) is 6.92 Å². The second kappa shape index (κ2) is 6.15. The highest BCUT2D eigenvalue weighted by Gasteiger charge is 2.20. The number of aliphatic hydroxyl groups is 2. The molecule has 0 spiro atoms. The van der Waals surface area contributed by atoms with Crippen molar-refractivity contribution in [1.29, 1.82) is 0 Å². The van der Waals surface area contributed by atoms with Crippen molar-refractivity contribution in [2.75, 3.05) is 13.6 Å². The Bertz CT molecular complexity index is 347. The number of halogens is 1. The summed E-state index contributed by atoms with van der Waals surface area (Å²) in [5.41, 5.74) is 1.25. The average Bonchev–Trinajstić information content (AvgIpc) is 2.25. The van der Waals surface area contributed by atoms with Crippen molar-refractivity contribution in [3.05, 3.63) is 28.5 Å². The summed E-state index contributed by atoms with van der Waals surface area (Å²) < 4.78 is 0. The van der Waals surface area contributed by atoms with Crippen molar-refractivity contribution in [3.8, 4) is 0 Å². The van der Waals surface area contributed by atoms with Gasteiger partial charge in [-0.2, -0.15) is 0 Å². The van der Waals surface area contributed by atoms with Crippen molar-refractivity contribution in [2.45, 2.75) is 25.6 Å². The average molecular weight is 245 g/mol. The number of rotatable bonds is 5. The van der Waals surface area contributed by atoms with Gasteiger partial charge in [0.05, 0.1) is 6.10 Å². The molecular formula is C11H17ClN2O2. The van der Waals surface area contributed by atoms with Gasteiger partial charge in [0, 0.05) is 11.3 Å². The molecule has 16 heavy (non-hydrogen) atoms. The molecule has 0 radical (unpaired) electrons. The molecule has 1 heterocycles. The van der Waals surface area contributed by atoms with Gasteiger partial charge in [-0.25, -0.2) is 4.98 Å². The molecule has 5 heteroatoms. The van der Waals surface area contributed by atoms with Crippen molar-refractivity contribution >= 4 is 11.6 Å². The lowest BCUT2D eigenvalue weighted by Crippen LogP contribution is -2.23. The van der Waals surface area contributed by atoms with E-state index in [1.54, 1.807) is 19.2 Å². The van der Waals surface area contributed by atoms with Gasteiger partial charge in [0.15, 0.2) is 0 Å². The first-order valence-electron chi connectivity index (χ1n) is 5.20. The van der Waals surface area contributed by atoms with Crippen molar-refractivity contribution in [1.82, 2.24) is 10.3 Å². The van der Waals surface area contributed by atoms with E-state index in [4.69, 9.17) is 11.6 Å². The summed E-state index contributed by atoms with van der Waals surface area (Å²) in [6, 6.07) is 3.45. The minimum absolute atomic E-state index is 0.246. The summed E-state index contributed by atoms with van der Waals surface area (Å²) in [5.74, 6) is 0. The Hall–Kier alpha value is -0.680. The third kappa shape index (κ3) is 3.42. The van der Waals surface area contributed by atoms with Crippen LogP contribution in [-0.4, -0.2) is 34.9 Å². The van der Waals surface area contributed by atoms with Crippen LogP contribution < -0.4 is 5.32 Å². The largest absolute Gasteiger partial charge is 0.390 e. The summed E-state index contributed by atoms with van der Waals surface area (Å²) in [4.78, 5) is 4.04. The van der Waals surface area contributed by atoms with Gasteiger partial charge < -0.3 is 15.5 Å². The number of nitrogens with zero attached hydrogens (tertiary/aromatic N) is 1. The summed E-state index contributed by atoms with van der Waals surface area (Å²) >= 11 is 5.90. The van der Waals surface area contributed by atoms with Crippen LogP contribution in [0.1, 0.15) is 23.8 Å². The molecule has 2 unspecified atom stereocenters. The molecule has 2 atom stereocenters. The van der Waals surface area contributed by atoms with Crippen LogP contribution in [0.2, 0.25) is 5.15 Å². The Balaban J connectivity index is 2.75. The molecule has 0 aliphatic rings. The summed E-state index contributed by atoms with van der Waals surface area (Å²) in [6.07, 6.45) is -1.37. The molecule has 0 fully saturated rings. The highest BCUT2D eigenvalue weighted by atomic mass is 35.5. The lowest BCUT2D eigenvalue weighted by molar-refractivity contribution is 0.0139. The second-order valence-electron chi connectivity index (χ2n) is 3.74. The maximum absolute atomic E-state index is 9.89. The third-order valence-corrected chi connectivity index (χ3v) is 2.69. The van der Waals surface area contributed by atoms with Crippen LogP contribution in [0.25, 0.3) is 0 Å². The highest BCUT2D eigenvalue weighted by molar-refractivity contribution is 6.30. The first-order valence-corrected chi connectivity index (χ1v) is 5.58. The van der Waals surface area contributed by atoms with E-state index in [1.165, 1.54) is 0 Å². The quantitative estimate of drug-likeness (QED) is 0.678. The highest BCUT2D eigenvalue weighted by Crippen LogP contribution is 2.25. The fourth-order valence-electron chi connectivity index (χ4n) is 1.41. The van der Waals surface area contributed by atoms with Gasteiger partial charge in [-0.1, -0.05) is 17.7 Å². The number of aryl methyl sites for hydroxylation is 1.